The standard InChI is InChI=1S/C14H14Cl2N2O2/c1-8(2)6-17-13(19)12-7-20-14(18-12)9-3-4-10(15)11(16)5-9/h3-5,7-8H,6H2,1-2H3,(H,17,19). The fourth-order valence-corrected chi connectivity index (χ4v) is 1.83. The second-order valence-corrected chi connectivity index (χ2v) is 5.59. The lowest BCUT2D eigenvalue weighted by Gasteiger charge is -2.04. The Morgan fingerprint density at radius 2 is 2.10 bits per heavy atom. The number of oxazole rings is 1. The zero-order valence-electron chi connectivity index (χ0n) is 11.1. The highest BCUT2D eigenvalue weighted by atomic mass is 35.5. The smallest absolute Gasteiger partial charge is 0.273 e. The van der Waals surface area contributed by atoms with E-state index >= 15 is 0 Å². The summed E-state index contributed by atoms with van der Waals surface area (Å²) in [5.74, 6) is 0.451. The summed E-state index contributed by atoms with van der Waals surface area (Å²) in [6, 6.07) is 5.03. The Balaban J connectivity index is 2.16. The second-order valence-electron chi connectivity index (χ2n) is 4.77. The third-order valence-corrected chi connectivity index (χ3v) is 3.31. The third kappa shape index (κ3) is 3.52. The van der Waals surface area contributed by atoms with E-state index in [2.05, 4.69) is 10.3 Å². The van der Waals surface area contributed by atoms with Gasteiger partial charge in [0.25, 0.3) is 5.91 Å². The first kappa shape index (κ1) is 14.9. The van der Waals surface area contributed by atoms with Crippen LogP contribution < -0.4 is 5.32 Å². The van der Waals surface area contributed by atoms with E-state index in [-0.39, 0.29) is 11.6 Å². The molecule has 1 heterocycles. The SMILES string of the molecule is CC(C)CNC(=O)c1coc(-c2ccc(Cl)c(Cl)c2)n1. The van der Waals surface area contributed by atoms with Crippen LogP contribution >= 0.6 is 23.2 Å². The molecule has 0 atom stereocenters. The van der Waals surface area contributed by atoms with Gasteiger partial charge in [0, 0.05) is 12.1 Å². The molecule has 1 aromatic heterocycles. The number of benzene rings is 1. The quantitative estimate of drug-likeness (QED) is 0.927. The Morgan fingerprint density at radius 1 is 1.35 bits per heavy atom. The van der Waals surface area contributed by atoms with Crippen LogP contribution in [0, 0.1) is 5.92 Å². The van der Waals surface area contributed by atoms with Gasteiger partial charge >= 0.3 is 0 Å². The van der Waals surface area contributed by atoms with Crippen molar-refractivity contribution >= 4 is 29.1 Å². The summed E-state index contributed by atoms with van der Waals surface area (Å²) in [4.78, 5) is 16.0. The average molecular weight is 313 g/mol. The number of nitrogens with zero attached hydrogens (tertiary/aromatic N) is 1. The first-order valence-corrected chi connectivity index (χ1v) is 6.92. The molecule has 0 saturated heterocycles. The van der Waals surface area contributed by atoms with E-state index in [0.717, 1.165) is 0 Å². The van der Waals surface area contributed by atoms with E-state index in [1.54, 1.807) is 18.2 Å². The molecule has 4 nitrogen and oxygen atoms in total. The minimum absolute atomic E-state index is 0.242. The van der Waals surface area contributed by atoms with E-state index in [1.807, 2.05) is 13.8 Å². The zero-order valence-corrected chi connectivity index (χ0v) is 12.6. The van der Waals surface area contributed by atoms with Crippen LogP contribution in [0.4, 0.5) is 0 Å². The molecule has 20 heavy (non-hydrogen) atoms. The second kappa shape index (κ2) is 6.29. The van der Waals surface area contributed by atoms with Gasteiger partial charge in [0.05, 0.1) is 10.0 Å². The lowest BCUT2D eigenvalue weighted by Crippen LogP contribution is -2.27. The molecule has 0 aliphatic carbocycles. The average Bonchev–Trinajstić information content (AvgIpc) is 2.89. The van der Waals surface area contributed by atoms with Crippen LogP contribution in [0.3, 0.4) is 0 Å². The van der Waals surface area contributed by atoms with Gasteiger partial charge in [0.1, 0.15) is 6.26 Å². The molecule has 106 valence electrons. The molecule has 2 aromatic rings. The Labute approximate surface area is 127 Å². The van der Waals surface area contributed by atoms with Crippen LogP contribution in [0.2, 0.25) is 10.0 Å². The summed E-state index contributed by atoms with van der Waals surface area (Å²) in [5.41, 5.74) is 0.911. The van der Waals surface area contributed by atoms with E-state index in [4.69, 9.17) is 27.6 Å². The van der Waals surface area contributed by atoms with Crippen molar-refractivity contribution in [2.24, 2.45) is 5.92 Å². The van der Waals surface area contributed by atoms with Crippen molar-refractivity contribution in [2.45, 2.75) is 13.8 Å². The molecule has 2 rings (SSSR count). The number of hydrogen-bond donors (Lipinski definition) is 1. The van der Waals surface area contributed by atoms with Crippen LogP contribution in [-0.4, -0.2) is 17.4 Å². The summed E-state index contributed by atoms with van der Waals surface area (Å²) in [6.45, 7) is 4.63. The predicted molar refractivity (Wildman–Crippen MR) is 79.1 cm³/mol. The van der Waals surface area contributed by atoms with Gasteiger partial charge < -0.3 is 9.73 Å². The monoisotopic (exact) mass is 312 g/mol. The van der Waals surface area contributed by atoms with Crippen LogP contribution in [0.15, 0.2) is 28.9 Å². The molecule has 0 unspecified atom stereocenters. The highest BCUT2D eigenvalue weighted by Crippen LogP contribution is 2.28. The topological polar surface area (TPSA) is 55.1 Å². The molecule has 0 radical (unpaired) electrons. The summed E-state index contributed by atoms with van der Waals surface area (Å²) in [5, 5.41) is 3.64. The largest absolute Gasteiger partial charge is 0.444 e. The first-order chi connectivity index (χ1) is 9.47. The van der Waals surface area contributed by atoms with Gasteiger partial charge in [-0.15, -0.1) is 0 Å². The third-order valence-electron chi connectivity index (χ3n) is 2.57. The lowest BCUT2D eigenvalue weighted by molar-refractivity contribution is 0.0944. The van der Waals surface area contributed by atoms with Gasteiger partial charge in [-0.1, -0.05) is 37.0 Å². The Hall–Kier alpha value is -1.52. The molecule has 0 saturated carbocycles. The van der Waals surface area contributed by atoms with Crippen LogP contribution in [-0.2, 0) is 0 Å². The number of amides is 1. The van der Waals surface area contributed by atoms with Gasteiger partial charge in [-0.05, 0) is 24.1 Å². The van der Waals surface area contributed by atoms with Gasteiger partial charge in [-0.2, -0.15) is 0 Å². The minimum Gasteiger partial charge on any atom is -0.444 e. The Kier molecular flexibility index (Phi) is 4.68. The first-order valence-electron chi connectivity index (χ1n) is 6.16. The molecule has 1 amide bonds. The molecular weight excluding hydrogens is 299 g/mol. The summed E-state index contributed by atoms with van der Waals surface area (Å²) < 4.78 is 5.30. The molecule has 0 aliphatic rings. The number of rotatable bonds is 4. The maximum absolute atomic E-state index is 11.8. The molecule has 6 heteroatoms. The molecule has 0 bridgehead atoms. The van der Waals surface area contributed by atoms with Crippen molar-refractivity contribution in [3.63, 3.8) is 0 Å². The van der Waals surface area contributed by atoms with E-state index in [1.165, 1.54) is 6.26 Å². The Bertz CT molecular complexity index is 623. The van der Waals surface area contributed by atoms with Crippen molar-refractivity contribution in [2.75, 3.05) is 6.54 Å². The van der Waals surface area contributed by atoms with E-state index in [0.29, 0.717) is 34.0 Å². The summed E-state index contributed by atoms with van der Waals surface area (Å²) >= 11 is 11.8. The number of nitrogens with one attached hydrogen (secondary N) is 1. The van der Waals surface area contributed by atoms with Gasteiger partial charge in [-0.3, -0.25) is 4.79 Å². The number of carbonyl (C=O) groups excluding carboxylic acids is 1. The minimum atomic E-state index is -0.256. The Morgan fingerprint density at radius 3 is 2.75 bits per heavy atom. The number of halogens is 2. The highest BCUT2D eigenvalue weighted by molar-refractivity contribution is 6.42. The van der Waals surface area contributed by atoms with Crippen molar-refractivity contribution in [1.82, 2.24) is 10.3 Å². The number of carbonyl (C=O) groups is 1. The molecule has 1 aromatic carbocycles. The van der Waals surface area contributed by atoms with Crippen LogP contribution in [0.5, 0.6) is 0 Å². The highest BCUT2D eigenvalue weighted by Gasteiger charge is 2.14. The molecule has 0 aliphatic heterocycles. The summed E-state index contributed by atoms with van der Waals surface area (Å²) in [6.07, 6.45) is 1.33. The van der Waals surface area contributed by atoms with Gasteiger partial charge in [-0.25, -0.2) is 4.98 Å². The zero-order chi connectivity index (χ0) is 14.7. The number of aromatic nitrogens is 1. The van der Waals surface area contributed by atoms with Crippen molar-refractivity contribution in [1.29, 1.82) is 0 Å². The molecule has 0 spiro atoms. The van der Waals surface area contributed by atoms with Crippen molar-refractivity contribution < 1.29 is 9.21 Å². The van der Waals surface area contributed by atoms with Crippen molar-refractivity contribution in [3.05, 3.63) is 40.2 Å². The fraction of sp³-hybridized carbons (Fsp3) is 0.286. The maximum atomic E-state index is 11.8. The maximum Gasteiger partial charge on any atom is 0.273 e. The number of hydrogen-bond acceptors (Lipinski definition) is 3. The fourth-order valence-electron chi connectivity index (χ4n) is 1.53. The normalized spacial score (nSPS) is 10.8. The summed E-state index contributed by atoms with van der Waals surface area (Å²) in [7, 11) is 0. The van der Waals surface area contributed by atoms with E-state index < -0.39 is 0 Å². The molecular formula is C14H14Cl2N2O2. The lowest BCUT2D eigenvalue weighted by atomic mass is 10.2. The molecule has 1 N–H and O–H groups in total. The predicted octanol–water partition coefficient (Wildman–Crippen LogP) is 4.03. The van der Waals surface area contributed by atoms with Crippen LogP contribution in [0.1, 0.15) is 24.3 Å². The van der Waals surface area contributed by atoms with Gasteiger partial charge in [0.2, 0.25) is 5.89 Å². The van der Waals surface area contributed by atoms with E-state index in [9.17, 15) is 4.79 Å². The van der Waals surface area contributed by atoms with Gasteiger partial charge in [0.15, 0.2) is 5.69 Å². The van der Waals surface area contributed by atoms with Crippen LogP contribution in [0.25, 0.3) is 11.5 Å². The molecule has 0 fully saturated rings. The van der Waals surface area contributed by atoms with Crippen molar-refractivity contribution in [3.8, 4) is 11.5 Å².